The SMILES string of the molecule is Cc1ccc(C(=O)c2cc(Cl)ccc2CS(=O)(=O)c2ccc(-c3cnco3)cc2)cn1. The lowest BCUT2D eigenvalue weighted by Crippen LogP contribution is -2.11. The largest absolute Gasteiger partial charge is 0.444 e. The number of hydrogen-bond donors (Lipinski definition) is 0. The van der Waals surface area contributed by atoms with Gasteiger partial charge in [-0.3, -0.25) is 9.78 Å². The minimum atomic E-state index is -3.71. The van der Waals surface area contributed by atoms with Gasteiger partial charge in [0.15, 0.2) is 27.8 Å². The highest BCUT2D eigenvalue weighted by molar-refractivity contribution is 7.90. The number of halogens is 1. The molecule has 0 aliphatic rings. The van der Waals surface area contributed by atoms with E-state index < -0.39 is 9.84 Å². The zero-order valence-electron chi connectivity index (χ0n) is 16.4. The van der Waals surface area contributed by atoms with Crippen molar-refractivity contribution in [3.05, 3.63) is 101 Å². The fourth-order valence-electron chi connectivity index (χ4n) is 3.12. The molecule has 0 fully saturated rings. The third-order valence-electron chi connectivity index (χ3n) is 4.77. The van der Waals surface area contributed by atoms with E-state index in [-0.39, 0.29) is 22.0 Å². The van der Waals surface area contributed by atoms with E-state index in [0.29, 0.717) is 27.5 Å². The molecule has 4 aromatic rings. The van der Waals surface area contributed by atoms with Gasteiger partial charge in [-0.25, -0.2) is 13.4 Å². The van der Waals surface area contributed by atoms with Crippen LogP contribution in [-0.4, -0.2) is 24.2 Å². The van der Waals surface area contributed by atoms with Crippen molar-refractivity contribution in [2.75, 3.05) is 0 Å². The Morgan fingerprint density at radius 2 is 1.81 bits per heavy atom. The van der Waals surface area contributed by atoms with Gasteiger partial charge in [0.25, 0.3) is 0 Å². The number of carbonyl (C=O) groups excluding carboxylic acids is 1. The number of carbonyl (C=O) groups is 1. The molecule has 0 N–H and O–H groups in total. The Morgan fingerprint density at radius 3 is 2.45 bits per heavy atom. The summed E-state index contributed by atoms with van der Waals surface area (Å²) < 4.78 is 31.3. The normalized spacial score (nSPS) is 11.4. The van der Waals surface area contributed by atoms with Gasteiger partial charge < -0.3 is 4.42 Å². The molecule has 0 saturated heterocycles. The molecular formula is C23H17ClN2O4S. The second-order valence-electron chi connectivity index (χ2n) is 6.97. The number of ketones is 1. The van der Waals surface area contributed by atoms with Crippen LogP contribution in [0.15, 0.2) is 82.7 Å². The van der Waals surface area contributed by atoms with E-state index in [0.717, 1.165) is 5.69 Å². The van der Waals surface area contributed by atoms with Crippen LogP contribution in [0.5, 0.6) is 0 Å². The molecule has 0 aliphatic heterocycles. The fourth-order valence-corrected chi connectivity index (χ4v) is 4.67. The Hall–Kier alpha value is -3.29. The van der Waals surface area contributed by atoms with Crippen molar-refractivity contribution >= 4 is 27.2 Å². The first-order chi connectivity index (χ1) is 14.8. The van der Waals surface area contributed by atoms with E-state index in [1.165, 1.54) is 30.8 Å². The van der Waals surface area contributed by atoms with Crippen LogP contribution in [0.2, 0.25) is 5.02 Å². The molecule has 0 radical (unpaired) electrons. The van der Waals surface area contributed by atoms with Gasteiger partial charge in [-0.1, -0.05) is 17.7 Å². The summed E-state index contributed by atoms with van der Waals surface area (Å²) in [7, 11) is -3.71. The topological polar surface area (TPSA) is 90.1 Å². The summed E-state index contributed by atoms with van der Waals surface area (Å²) in [4.78, 5) is 21.2. The van der Waals surface area contributed by atoms with E-state index >= 15 is 0 Å². The number of oxazole rings is 1. The zero-order valence-corrected chi connectivity index (χ0v) is 18.0. The van der Waals surface area contributed by atoms with Crippen molar-refractivity contribution in [3.8, 4) is 11.3 Å². The molecule has 0 atom stereocenters. The Labute approximate surface area is 184 Å². The smallest absolute Gasteiger partial charge is 0.194 e. The van der Waals surface area contributed by atoms with Gasteiger partial charge in [0, 0.05) is 33.6 Å². The van der Waals surface area contributed by atoms with Gasteiger partial charge in [0.2, 0.25) is 0 Å². The molecule has 4 rings (SSSR count). The number of aryl methyl sites for hydroxylation is 1. The van der Waals surface area contributed by atoms with Crippen molar-refractivity contribution in [2.45, 2.75) is 17.6 Å². The molecule has 8 heteroatoms. The lowest BCUT2D eigenvalue weighted by atomic mass is 10.00. The predicted octanol–water partition coefficient (Wildman–Crippen LogP) is 4.90. The maximum atomic E-state index is 13.0. The van der Waals surface area contributed by atoms with Crippen LogP contribution in [0.25, 0.3) is 11.3 Å². The summed E-state index contributed by atoms with van der Waals surface area (Å²) in [6.07, 6.45) is 4.33. The predicted molar refractivity (Wildman–Crippen MR) is 117 cm³/mol. The second-order valence-corrected chi connectivity index (χ2v) is 9.39. The van der Waals surface area contributed by atoms with Gasteiger partial charge in [0.05, 0.1) is 16.8 Å². The van der Waals surface area contributed by atoms with E-state index in [9.17, 15) is 13.2 Å². The average molecular weight is 453 g/mol. The van der Waals surface area contributed by atoms with Gasteiger partial charge in [-0.15, -0.1) is 0 Å². The monoisotopic (exact) mass is 452 g/mol. The van der Waals surface area contributed by atoms with Crippen LogP contribution in [-0.2, 0) is 15.6 Å². The molecule has 31 heavy (non-hydrogen) atoms. The molecule has 2 heterocycles. The number of rotatable bonds is 6. The van der Waals surface area contributed by atoms with E-state index in [1.54, 1.807) is 42.6 Å². The highest BCUT2D eigenvalue weighted by Crippen LogP contribution is 2.26. The molecular weight excluding hydrogens is 436 g/mol. The molecule has 6 nitrogen and oxygen atoms in total. The summed E-state index contributed by atoms with van der Waals surface area (Å²) in [5, 5.41) is 0.348. The number of nitrogens with zero attached hydrogens (tertiary/aromatic N) is 2. The van der Waals surface area contributed by atoms with Crippen LogP contribution in [0.3, 0.4) is 0 Å². The standard InChI is InChI=1S/C23H17ClN2O4S/c1-15-2-3-17(11-26-15)23(27)21-10-19(24)7-4-18(21)13-31(28,29)20-8-5-16(6-9-20)22-12-25-14-30-22/h2-12,14H,13H2,1H3. The van der Waals surface area contributed by atoms with Crippen LogP contribution >= 0.6 is 11.6 Å². The summed E-state index contributed by atoms with van der Waals surface area (Å²) >= 11 is 6.10. The third-order valence-corrected chi connectivity index (χ3v) is 6.68. The maximum Gasteiger partial charge on any atom is 0.194 e. The van der Waals surface area contributed by atoms with E-state index in [2.05, 4.69) is 9.97 Å². The Kier molecular flexibility index (Phi) is 5.71. The number of benzene rings is 2. The van der Waals surface area contributed by atoms with Crippen molar-refractivity contribution in [1.29, 1.82) is 0 Å². The van der Waals surface area contributed by atoms with E-state index in [4.69, 9.17) is 16.0 Å². The number of aromatic nitrogens is 2. The zero-order chi connectivity index (χ0) is 22.0. The number of pyridine rings is 1. The second kappa shape index (κ2) is 8.45. The minimum Gasteiger partial charge on any atom is -0.444 e. The van der Waals surface area contributed by atoms with Crippen molar-refractivity contribution in [1.82, 2.24) is 9.97 Å². The molecule has 2 aromatic carbocycles. The van der Waals surface area contributed by atoms with Crippen molar-refractivity contribution in [3.63, 3.8) is 0 Å². The fraction of sp³-hybridized carbons (Fsp3) is 0.0870. The van der Waals surface area contributed by atoms with Gasteiger partial charge in [-0.2, -0.15) is 0 Å². The molecule has 0 aliphatic carbocycles. The van der Waals surface area contributed by atoms with Crippen LogP contribution < -0.4 is 0 Å². The minimum absolute atomic E-state index is 0.140. The maximum absolute atomic E-state index is 13.0. The molecule has 0 saturated carbocycles. The molecule has 0 spiro atoms. The summed E-state index contributed by atoms with van der Waals surface area (Å²) in [6.45, 7) is 1.82. The molecule has 156 valence electrons. The Bertz CT molecular complexity index is 1330. The molecule has 2 aromatic heterocycles. The highest BCUT2D eigenvalue weighted by Gasteiger charge is 2.21. The molecule has 0 unspecified atom stereocenters. The summed E-state index contributed by atoms with van der Waals surface area (Å²) in [5.74, 6) is -0.131. The van der Waals surface area contributed by atoms with Gasteiger partial charge in [0.1, 0.15) is 0 Å². The van der Waals surface area contributed by atoms with Crippen LogP contribution in [0, 0.1) is 6.92 Å². The summed E-state index contributed by atoms with van der Waals surface area (Å²) in [6, 6.07) is 14.3. The quantitative estimate of drug-likeness (QED) is 0.386. The average Bonchev–Trinajstić information content (AvgIpc) is 3.30. The van der Waals surface area contributed by atoms with Gasteiger partial charge in [-0.05, 0) is 61.0 Å². The highest BCUT2D eigenvalue weighted by atomic mass is 35.5. The first kappa shape index (κ1) is 21.0. The van der Waals surface area contributed by atoms with Crippen molar-refractivity contribution in [2.24, 2.45) is 0 Å². The lowest BCUT2D eigenvalue weighted by Gasteiger charge is -2.11. The number of sulfone groups is 1. The van der Waals surface area contributed by atoms with E-state index in [1.807, 2.05) is 6.92 Å². The first-order valence-electron chi connectivity index (χ1n) is 9.31. The van der Waals surface area contributed by atoms with Crippen LogP contribution in [0.1, 0.15) is 27.2 Å². The Morgan fingerprint density at radius 1 is 1.03 bits per heavy atom. The Balaban J connectivity index is 1.65. The third kappa shape index (κ3) is 4.57. The van der Waals surface area contributed by atoms with Crippen molar-refractivity contribution < 1.29 is 17.6 Å². The van der Waals surface area contributed by atoms with Crippen LogP contribution in [0.4, 0.5) is 0 Å². The molecule has 0 amide bonds. The first-order valence-corrected chi connectivity index (χ1v) is 11.3. The number of hydrogen-bond acceptors (Lipinski definition) is 6. The lowest BCUT2D eigenvalue weighted by molar-refractivity contribution is 0.103. The molecule has 0 bridgehead atoms. The van der Waals surface area contributed by atoms with Gasteiger partial charge >= 0.3 is 0 Å². The summed E-state index contributed by atoms with van der Waals surface area (Å²) in [5.41, 5.74) is 2.46.